The van der Waals surface area contributed by atoms with Gasteiger partial charge in [0.25, 0.3) is 5.56 Å². The van der Waals surface area contributed by atoms with E-state index in [9.17, 15) is 9.59 Å². The second-order valence-corrected chi connectivity index (χ2v) is 6.65. The molecule has 130 valence electrons. The number of fused-ring (bicyclic) bond motifs is 4. The number of nitrogens with zero attached hydrogens (tertiary/aromatic N) is 3. The number of aryl methyl sites for hydroxylation is 1. The predicted molar refractivity (Wildman–Crippen MR) is 98.5 cm³/mol. The predicted octanol–water partition coefficient (Wildman–Crippen LogP) is 2.08. The molecule has 2 aliphatic heterocycles. The summed E-state index contributed by atoms with van der Waals surface area (Å²) in [6.45, 7) is 4.71. The van der Waals surface area contributed by atoms with E-state index in [0.717, 1.165) is 24.3 Å². The number of ether oxygens (including phenoxy) is 1. The lowest BCUT2D eigenvalue weighted by Crippen LogP contribution is -2.37. The molecule has 2 aromatic carbocycles. The number of ketones is 1. The molecule has 0 unspecified atom stereocenters. The highest BCUT2D eigenvalue weighted by atomic mass is 16.5. The molecule has 0 amide bonds. The highest BCUT2D eigenvalue weighted by molar-refractivity contribution is 6.17. The number of carbonyl (C=O) groups is 1. The van der Waals surface area contributed by atoms with Crippen molar-refractivity contribution in [2.24, 2.45) is 0 Å². The number of aromatic nitrogens is 2. The minimum absolute atomic E-state index is 0.187. The minimum atomic E-state index is -0.200. The van der Waals surface area contributed by atoms with Gasteiger partial charge in [0.2, 0.25) is 5.78 Å². The molecular weight excluding hydrogens is 330 g/mol. The fourth-order valence-electron chi connectivity index (χ4n) is 3.91. The van der Waals surface area contributed by atoms with E-state index in [1.165, 1.54) is 4.57 Å². The summed E-state index contributed by atoms with van der Waals surface area (Å²) < 4.78 is 6.91. The molecule has 5 rings (SSSR count). The van der Waals surface area contributed by atoms with E-state index in [1.54, 1.807) is 12.1 Å². The Labute approximate surface area is 149 Å². The van der Waals surface area contributed by atoms with Gasteiger partial charge in [-0.25, -0.2) is 4.98 Å². The van der Waals surface area contributed by atoms with Crippen LogP contribution in [-0.4, -0.2) is 41.6 Å². The molecular formula is C20H17N3O3. The van der Waals surface area contributed by atoms with E-state index in [2.05, 4.69) is 9.88 Å². The van der Waals surface area contributed by atoms with Crippen LogP contribution in [0.1, 0.15) is 21.7 Å². The lowest BCUT2D eigenvalue weighted by Gasteiger charge is -2.31. The molecule has 0 spiro atoms. The average molecular weight is 347 g/mol. The third kappa shape index (κ3) is 1.99. The summed E-state index contributed by atoms with van der Waals surface area (Å²) in [5.74, 6) is 0.0110. The third-order valence-corrected chi connectivity index (χ3v) is 5.13. The maximum absolute atomic E-state index is 13.2. The number of carbonyl (C=O) groups excluding carboxylic acids is 1. The van der Waals surface area contributed by atoms with Crippen molar-refractivity contribution < 1.29 is 9.53 Å². The fourth-order valence-corrected chi connectivity index (χ4v) is 3.91. The number of hydrogen-bond acceptors (Lipinski definition) is 5. The maximum Gasteiger partial charge on any atom is 0.266 e. The Balaban J connectivity index is 1.81. The average Bonchev–Trinajstić information content (AvgIpc) is 2.95. The van der Waals surface area contributed by atoms with E-state index in [1.807, 2.05) is 31.2 Å². The zero-order valence-corrected chi connectivity index (χ0v) is 14.4. The molecule has 0 aliphatic carbocycles. The third-order valence-electron chi connectivity index (χ3n) is 5.13. The van der Waals surface area contributed by atoms with Crippen LogP contribution in [0.5, 0.6) is 0 Å². The fraction of sp³-hybridized carbons (Fsp3) is 0.250. The number of morpholine rings is 1. The quantitative estimate of drug-likeness (QED) is 0.527. The van der Waals surface area contributed by atoms with Crippen molar-refractivity contribution >= 4 is 22.4 Å². The second kappa shape index (κ2) is 5.51. The van der Waals surface area contributed by atoms with Crippen molar-refractivity contribution in [2.75, 3.05) is 31.2 Å². The molecule has 6 nitrogen and oxygen atoms in total. The van der Waals surface area contributed by atoms with Gasteiger partial charge < -0.3 is 9.64 Å². The van der Waals surface area contributed by atoms with Crippen LogP contribution in [-0.2, 0) is 4.74 Å². The summed E-state index contributed by atoms with van der Waals surface area (Å²) in [5, 5.41) is 0.519. The Morgan fingerprint density at radius 3 is 2.62 bits per heavy atom. The maximum atomic E-state index is 13.2. The van der Waals surface area contributed by atoms with Crippen LogP contribution in [0.25, 0.3) is 16.6 Å². The molecule has 3 aromatic rings. The van der Waals surface area contributed by atoms with E-state index < -0.39 is 0 Å². The van der Waals surface area contributed by atoms with Crippen LogP contribution in [0.4, 0.5) is 5.69 Å². The van der Waals surface area contributed by atoms with Gasteiger partial charge in [-0.2, -0.15) is 0 Å². The van der Waals surface area contributed by atoms with Crippen LogP contribution < -0.4 is 10.5 Å². The van der Waals surface area contributed by atoms with Gasteiger partial charge >= 0.3 is 0 Å². The monoisotopic (exact) mass is 347 g/mol. The zero-order chi connectivity index (χ0) is 17.8. The Morgan fingerprint density at radius 2 is 1.81 bits per heavy atom. The number of benzene rings is 2. The summed E-state index contributed by atoms with van der Waals surface area (Å²) in [6, 6.07) is 11.0. The lowest BCUT2D eigenvalue weighted by molar-refractivity contribution is 0.103. The first-order valence-corrected chi connectivity index (χ1v) is 8.70. The van der Waals surface area contributed by atoms with Crippen molar-refractivity contribution in [3.8, 4) is 5.69 Å². The first-order valence-electron chi connectivity index (χ1n) is 8.70. The topological polar surface area (TPSA) is 64.4 Å². The van der Waals surface area contributed by atoms with Crippen molar-refractivity contribution in [1.29, 1.82) is 0 Å². The molecule has 0 saturated carbocycles. The second-order valence-electron chi connectivity index (χ2n) is 6.65. The molecule has 0 bridgehead atoms. The first kappa shape index (κ1) is 15.3. The van der Waals surface area contributed by atoms with Crippen LogP contribution in [0.3, 0.4) is 0 Å². The number of rotatable bonds is 1. The molecule has 0 atom stereocenters. The van der Waals surface area contributed by atoms with E-state index in [4.69, 9.17) is 4.74 Å². The highest BCUT2D eigenvalue weighted by Gasteiger charge is 2.35. The molecule has 1 aromatic heterocycles. The number of hydrogen-bond donors (Lipinski definition) is 0. The van der Waals surface area contributed by atoms with E-state index in [0.29, 0.717) is 35.4 Å². The first-order chi connectivity index (χ1) is 12.7. The van der Waals surface area contributed by atoms with Gasteiger partial charge in [0.05, 0.1) is 41.1 Å². The molecule has 1 fully saturated rings. The summed E-state index contributed by atoms with van der Waals surface area (Å²) in [4.78, 5) is 32.9. The number of anilines is 1. The Morgan fingerprint density at radius 1 is 1.04 bits per heavy atom. The summed E-state index contributed by atoms with van der Waals surface area (Å²) in [7, 11) is 0. The molecule has 26 heavy (non-hydrogen) atoms. The van der Waals surface area contributed by atoms with Crippen molar-refractivity contribution in [2.45, 2.75) is 6.92 Å². The van der Waals surface area contributed by atoms with Crippen molar-refractivity contribution in [3.63, 3.8) is 0 Å². The van der Waals surface area contributed by atoms with Gasteiger partial charge in [-0.1, -0.05) is 18.2 Å². The Kier molecular flexibility index (Phi) is 3.24. The van der Waals surface area contributed by atoms with Gasteiger partial charge in [-0.3, -0.25) is 14.2 Å². The van der Waals surface area contributed by atoms with Gasteiger partial charge in [0.1, 0.15) is 0 Å². The molecule has 2 aliphatic rings. The molecule has 1 saturated heterocycles. The normalized spacial score (nSPS) is 16.0. The smallest absolute Gasteiger partial charge is 0.266 e. The minimum Gasteiger partial charge on any atom is -0.378 e. The largest absolute Gasteiger partial charge is 0.378 e. The highest BCUT2D eigenvalue weighted by Crippen LogP contribution is 2.36. The molecule has 3 heterocycles. The summed E-state index contributed by atoms with van der Waals surface area (Å²) in [6.07, 6.45) is 0. The van der Waals surface area contributed by atoms with Crippen LogP contribution in [0.15, 0.2) is 41.2 Å². The summed E-state index contributed by atoms with van der Waals surface area (Å²) >= 11 is 0. The SMILES string of the molecule is Cc1ccc2c(c1N1CCOCC1)C(=O)c1nc3ccccc3c(=O)n1-2. The van der Waals surface area contributed by atoms with Crippen molar-refractivity contribution in [3.05, 3.63) is 63.7 Å². The zero-order valence-electron chi connectivity index (χ0n) is 14.4. The van der Waals surface area contributed by atoms with Crippen LogP contribution in [0.2, 0.25) is 0 Å². The Bertz CT molecular complexity index is 1130. The summed E-state index contributed by atoms with van der Waals surface area (Å²) in [5.41, 5.74) is 3.46. The molecule has 0 radical (unpaired) electrons. The van der Waals surface area contributed by atoms with E-state index >= 15 is 0 Å². The lowest BCUT2D eigenvalue weighted by atomic mass is 10.0. The van der Waals surface area contributed by atoms with Gasteiger partial charge in [-0.15, -0.1) is 0 Å². The molecule has 0 N–H and O–H groups in total. The van der Waals surface area contributed by atoms with Gasteiger partial charge in [0, 0.05) is 13.1 Å². The molecule has 6 heteroatoms. The van der Waals surface area contributed by atoms with Gasteiger partial charge in [0.15, 0.2) is 5.82 Å². The van der Waals surface area contributed by atoms with E-state index in [-0.39, 0.29) is 17.2 Å². The van der Waals surface area contributed by atoms with Crippen LogP contribution >= 0.6 is 0 Å². The van der Waals surface area contributed by atoms with Gasteiger partial charge in [-0.05, 0) is 30.7 Å². The van der Waals surface area contributed by atoms with Crippen LogP contribution in [0, 0.1) is 6.92 Å². The Hall–Kier alpha value is -2.99. The standard InChI is InChI=1S/C20H17N3O3/c1-12-6-7-15-16(17(12)22-8-10-26-11-9-22)18(24)19-21-14-5-3-2-4-13(14)20(25)23(15)19/h2-7H,8-11H2,1H3. The number of para-hydroxylation sites is 1. The van der Waals surface area contributed by atoms with Crippen molar-refractivity contribution in [1.82, 2.24) is 9.55 Å².